The molecule has 0 fully saturated rings. The predicted molar refractivity (Wildman–Crippen MR) is 75.6 cm³/mol. The molecule has 0 aliphatic heterocycles. The van der Waals surface area contributed by atoms with Crippen LogP contribution in [0.15, 0.2) is 48.5 Å². The molecule has 2 aromatic rings. The van der Waals surface area contributed by atoms with Crippen molar-refractivity contribution < 1.29 is 24.2 Å². The molecular weight excluding hydrogens is 272 g/mol. The molecule has 5 nitrogen and oxygen atoms in total. The first kappa shape index (κ1) is 14.6. The number of esters is 1. The molecule has 0 bridgehead atoms. The fraction of sp³-hybridized carbons (Fsp3) is 0.125. The average Bonchev–Trinajstić information content (AvgIpc) is 2.49. The summed E-state index contributed by atoms with van der Waals surface area (Å²) in [5.74, 6) is -0.106. The van der Waals surface area contributed by atoms with E-state index < -0.39 is 11.9 Å². The van der Waals surface area contributed by atoms with E-state index in [0.717, 1.165) is 0 Å². The van der Waals surface area contributed by atoms with Gasteiger partial charge in [0.15, 0.2) is 0 Å². The zero-order valence-electron chi connectivity index (χ0n) is 11.4. The minimum Gasteiger partial charge on any atom is -0.481 e. The number of hydrogen-bond donors (Lipinski definition) is 1. The smallest absolute Gasteiger partial charge is 0.337 e. The molecular formula is C16H14O5. The number of carboxylic acid groups (broad SMARTS) is 1. The van der Waals surface area contributed by atoms with Gasteiger partial charge in [0.1, 0.15) is 11.5 Å². The van der Waals surface area contributed by atoms with Crippen molar-refractivity contribution in [2.75, 3.05) is 7.11 Å². The Morgan fingerprint density at radius 2 is 1.48 bits per heavy atom. The van der Waals surface area contributed by atoms with Gasteiger partial charge < -0.3 is 14.6 Å². The number of carboxylic acids is 1. The first-order chi connectivity index (χ1) is 10.1. The number of benzene rings is 2. The topological polar surface area (TPSA) is 72.8 Å². The minimum atomic E-state index is -0.873. The molecule has 1 N–H and O–H groups in total. The van der Waals surface area contributed by atoms with Crippen molar-refractivity contribution in [2.24, 2.45) is 0 Å². The number of methoxy groups -OCH3 is 1. The molecule has 0 amide bonds. The Bertz CT molecular complexity index is 629. The molecule has 0 saturated carbocycles. The van der Waals surface area contributed by atoms with Gasteiger partial charge in [-0.3, -0.25) is 4.79 Å². The number of hydrogen-bond acceptors (Lipinski definition) is 4. The number of carbonyl (C=O) groups is 2. The van der Waals surface area contributed by atoms with Gasteiger partial charge in [-0.1, -0.05) is 12.1 Å². The van der Waals surface area contributed by atoms with Crippen LogP contribution in [0.5, 0.6) is 11.5 Å². The van der Waals surface area contributed by atoms with Crippen LogP contribution in [0, 0.1) is 0 Å². The van der Waals surface area contributed by atoms with E-state index >= 15 is 0 Å². The zero-order valence-corrected chi connectivity index (χ0v) is 11.4. The van der Waals surface area contributed by atoms with Crippen LogP contribution in [0.3, 0.4) is 0 Å². The molecule has 0 radical (unpaired) electrons. The van der Waals surface area contributed by atoms with Crippen LogP contribution in [0.25, 0.3) is 0 Å². The van der Waals surface area contributed by atoms with Gasteiger partial charge in [0.25, 0.3) is 0 Å². The van der Waals surface area contributed by atoms with Gasteiger partial charge in [-0.15, -0.1) is 0 Å². The first-order valence-electron chi connectivity index (χ1n) is 6.25. The molecule has 0 unspecified atom stereocenters. The Morgan fingerprint density at radius 3 is 1.95 bits per heavy atom. The maximum absolute atomic E-state index is 11.3. The summed E-state index contributed by atoms with van der Waals surface area (Å²) >= 11 is 0. The van der Waals surface area contributed by atoms with E-state index in [-0.39, 0.29) is 6.42 Å². The summed E-state index contributed by atoms with van der Waals surface area (Å²) in [4.78, 5) is 21.9. The van der Waals surface area contributed by atoms with Gasteiger partial charge in [-0.2, -0.15) is 0 Å². The van der Waals surface area contributed by atoms with Gasteiger partial charge in [-0.05, 0) is 42.0 Å². The van der Waals surface area contributed by atoms with E-state index in [1.165, 1.54) is 7.11 Å². The van der Waals surface area contributed by atoms with Crippen LogP contribution in [0.1, 0.15) is 15.9 Å². The molecule has 2 aromatic carbocycles. The first-order valence-corrected chi connectivity index (χ1v) is 6.25. The van der Waals surface area contributed by atoms with Crippen LogP contribution >= 0.6 is 0 Å². The number of aliphatic carboxylic acids is 1. The third-order valence-corrected chi connectivity index (χ3v) is 2.79. The number of carbonyl (C=O) groups excluding carboxylic acids is 1. The highest BCUT2D eigenvalue weighted by Crippen LogP contribution is 2.22. The Kier molecular flexibility index (Phi) is 4.56. The lowest BCUT2D eigenvalue weighted by molar-refractivity contribution is -0.136. The molecule has 5 heteroatoms. The van der Waals surface area contributed by atoms with E-state index in [0.29, 0.717) is 22.6 Å². The SMILES string of the molecule is COC(=O)c1ccc(Oc2ccc(CC(=O)O)cc2)cc1. The normalized spacial score (nSPS) is 9.95. The summed E-state index contributed by atoms with van der Waals surface area (Å²) < 4.78 is 10.2. The molecule has 0 aliphatic carbocycles. The van der Waals surface area contributed by atoms with E-state index in [9.17, 15) is 9.59 Å². The van der Waals surface area contributed by atoms with Crippen molar-refractivity contribution in [3.05, 3.63) is 59.7 Å². The molecule has 0 spiro atoms. The Balaban J connectivity index is 2.04. The van der Waals surface area contributed by atoms with Crippen LogP contribution < -0.4 is 4.74 Å². The van der Waals surface area contributed by atoms with E-state index in [4.69, 9.17) is 9.84 Å². The lowest BCUT2D eigenvalue weighted by Gasteiger charge is -2.07. The lowest BCUT2D eigenvalue weighted by Crippen LogP contribution is -2.00. The Hall–Kier alpha value is -2.82. The van der Waals surface area contributed by atoms with Crippen molar-refractivity contribution in [1.82, 2.24) is 0 Å². The second-order valence-corrected chi connectivity index (χ2v) is 4.33. The third-order valence-electron chi connectivity index (χ3n) is 2.79. The van der Waals surface area contributed by atoms with E-state index in [1.807, 2.05) is 0 Å². The fourth-order valence-corrected chi connectivity index (χ4v) is 1.76. The number of ether oxygens (including phenoxy) is 2. The molecule has 21 heavy (non-hydrogen) atoms. The maximum atomic E-state index is 11.3. The molecule has 0 heterocycles. The van der Waals surface area contributed by atoms with Crippen LogP contribution in [-0.2, 0) is 16.0 Å². The van der Waals surface area contributed by atoms with Gasteiger partial charge in [0.05, 0.1) is 19.1 Å². The van der Waals surface area contributed by atoms with E-state index in [2.05, 4.69) is 4.74 Å². The second-order valence-electron chi connectivity index (χ2n) is 4.33. The maximum Gasteiger partial charge on any atom is 0.337 e. The summed E-state index contributed by atoms with van der Waals surface area (Å²) in [6.45, 7) is 0. The summed E-state index contributed by atoms with van der Waals surface area (Å²) in [5, 5.41) is 8.69. The Morgan fingerprint density at radius 1 is 0.952 bits per heavy atom. The highest BCUT2D eigenvalue weighted by Gasteiger charge is 2.05. The second kappa shape index (κ2) is 6.56. The van der Waals surface area contributed by atoms with Crippen molar-refractivity contribution >= 4 is 11.9 Å². The lowest BCUT2D eigenvalue weighted by atomic mass is 10.1. The average molecular weight is 286 g/mol. The predicted octanol–water partition coefficient (Wildman–Crippen LogP) is 2.89. The Labute approximate surface area is 121 Å². The number of rotatable bonds is 5. The van der Waals surface area contributed by atoms with Gasteiger partial charge in [0, 0.05) is 0 Å². The molecule has 0 aromatic heterocycles. The highest BCUT2D eigenvalue weighted by molar-refractivity contribution is 5.89. The standard InChI is InChI=1S/C16H14O5/c1-20-16(19)12-4-8-14(9-5-12)21-13-6-2-11(3-7-13)10-15(17)18/h2-9H,10H2,1H3,(H,17,18). The van der Waals surface area contributed by atoms with Crippen LogP contribution in [0.2, 0.25) is 0 Å². The largest absolute Gasteiger partial charge is 0.481 e. The fourth-order valence-electron chi connectivity index (χ4n) is 1.76. The van der Waals surface area contributed by atoms with Gasteiger partial charge >= 0.3 is 11.9 Å². The third kappa shape index (κ3) is 4.07. The molecule has 108 valence electrons. The van der Waals surface area contributed by atoms with Crippen molar-refractivity contribution in [2.45, 2.75) is 6.42 Å². The van der Waals surface area contributed by atoms with Crippen LogP contribution in [0.4, 0.5) is 0 Å². The zero-order chi connectivity index (χ0) is 15.2. The molecule has 0 atom stereocenters. The molecule has 2 rings (SSSR count). The molecule has 0 aliphatic rings. The van der Waals surface area contributed by atoms with Crippen LogP contribution in [-0.4, -0.2) is 24.2 Å². The summed E-state index contributed by atoms with van der Waals surface area (Å²) in [6, 6.07) is 13.4. The van der Waals surface area contributed by atoms with Crippen molar-refractivity contribution in [3.8, 4) is 11.5 Å². The minimum absolute atomic E-state index is 0.0197. The van der Waals surface area contributed by atoms with Gasteiger partial charge in [0.2, 0.25) is 0 Å². The monoisotopic (exact) mass is 286 g/mol. The van der Waals surface area contributed by atoms with E-state index in [1.54, 1.807) is 48.5 Å². The van der Waals surface area contributed by atoms with Gasteiger partial charge in [-0.25, -0.2) is 4.79 Å². The van der Waals surface area contributed by atoms with Crippen molar-refractivity contribution in [1.29, 1.82) is 0 Å². The van der Waals surface area contributed by atoms with Crippen molar-refractivity contribution in [3.63, 3.8) is 0 Å². The summed E-state index contributed by atoms with van der Waals surface area (Å²) in [5.41, 5.74) is 1.15. The summed E-state index contributed by atoms with van der Waals surface area (Å²) in [6.07, 6.45) is -0.0197. The quantitative estimate of drug-likeness (QED) is 0.855. The molecule has 0 saturated heterocycles. The highest BCUT2D eigenvalue weighted by atomic mass is 16.5. The summed E-state index contributed by atoms with van der Waals surface area (Å²) in [7, 11) is 1.32.